The summed E-state index contributed by atoms with van der Waals surface area (Å²) in [6.45, 7) is 1.67. The molecule has 0 aromatic heterocycles. The van der Waals surface area contributed by atoms with Gasteiger partial charge in [0.05, 0.1) is 0 Å². The Balaban J connectivity index is 1.83. The zero-order valence-corrected chi connectivity index (χ0v) is 10.3. The van der Waals surface area contributed by atoms with E-state index in [9.17, 15) is 4.79 Å². The van der Waals surface area contributed by atoms with Crippen molar-refractivity contribution in [2.45, 2.75) is 19.4 Å². The molecule has 3 nitrogen and oxygen atoms in total. The molecule has 1 heterocycles. The van der Waals surface area contributed by atoms with Gasteiger partial charge >= 0.3 is 6.09 Å². The number of amides is 1. The molecule has 1 aliphatic heterocycles. The second kappa shape index (κ2) is 6.11. The quantitative estimate of drug-likeness (QED) is 0.747. The van der Waals surface area contributed by atoms with Gasteiger partial charge in [-0.05, 0) is 18.4 Å². The van der Waals surface area contributed by atoms with Gasteiger partial charge in [-0.25, -0.2) is 4.79 Å². The zero-order chi connectivity index (χ0) is 12.8. The van der Waals surface area contributed by atoms with Crippen LogP contribution < -0.4 is 0 Å². The van der Waals surface area contributed by atoms with Crippen LogP contribution in [0.4, 0.5) is 4.79 Å². The number of ether oxygens (including phenoxy) is 1. The lowest BCUT2D eigenvalue weighted by molar-refractivity contribution is 0.0843. The Morgan fingerprint density at radius 1 is 1.44 bits per heavy atom. The van der Waals surface area contributed by atoms with Crippen molar-refractivity contribution in [2.75, 3.05) is 13.1 Å². The summed E-state index contributed by atoms with van der Waals surface area (Å²) in [7, 11) is 0. The SMILES string of the molecule is C#C[C@H]1CCCN(C(=O)OCc2ccccc2)C1. The lowest BCUT2D eigenvalue weighted by atomic mass is 10.00. The summed E-state index contributed by atoms with van der Waals surface area (Å²) >= 11 is 0. The molecule has 3 heteroatoms. The van der Waals surface area contributed by atoms with Gasteiger partial charge in [-0.15, -0.1) is 12.3 Å². The van der Waals surface area contributed by atoms with E-state index < -0.39 is 0 Å². The molecule has 18 heavy (non-hydrogen) atoms. The minimum atomic E-state index is -0.265. The molecular formula is C15H17NO2. The van der Waals surface area contributed by atoms with Crippen LogP contribution >= 0.6 is 0 Å². The van der Waals surface area contributed by atoms with Gasteiger partial charge in [0, 0.05) is 19.0 Å². The van der Waals surface area contributed by atoms with E-state index in [1.165, 1.54) is 0 Å². The van der Waals surface area contributed by atoms with Gasteiger partial charge in [-0.2, -0.15) is 0 Å². The Bertz CT molecular complexity index is 436. The van der Waals surface area contributed by atoms with Gasteiger partial charge in [0.15, 0.2) is 0 Å². The van der Waals surface area contributed by atoms with Crippen LogP contribution in [0.2, 0.25) is 0 Å². The van der Waals surface area contributed by atoms with E-state index in [-0.39, 0.29) is 12.0 Å². The topological polar surface area (TPSA) is 29.5 Å². The zero-order valence-electron chi connectivity index (χ0n) is 10.3. The summed E-state index contributed by atoms with van der Waals surface area (Å²) in [5.74, 6) is 2.88. The average Bonchev–Trinajstić information content (AvgIpc) is 2.46. The lowest BCUT2D eigenvalue weighted by Gasteiger charge is -2.29. The first-order valence-electron chi connectivity index (χ1n) is 6.21. The van der Waals surface area contributed by atoms with Crippen LogP contribution in [-0.2, 0) is 11.3 Å². The van der Waals surface area contributed by atoms with Crippen molar-refractivity contribution in [1.82, 2.24) is 4.90 Å². The first-order valence-corrected chi connectivity index (χ1v) is 6.21. The van der Waals surface area contributed by atoms with Crippen molar-refractivity contribution in [2.24, 2.45) is 5.92 Å². The largest absolute Gasteiger partial charge is 0.445 e. The average molecular weight is 243 g/mol. The number of carbonyl (C=O) groups excluding carboxylic acids is 1. The van der Waals surface area contributed by atoms with E-state index in [4.69, 9.17) is 11.2 Å². The highest BCUT2D eigenvalue weighted by Gasteiger charge is 2.23. The summed E-state index contributed by atoms with van der Waals surface area (Å²) in [5, 5.41) is 0. The molecule has 1 aliphatic rings. The highest BCUT2D eigenvalue weighted by atomic mass is 16.6. The lowest BCUT2D eigenvalue weighted by Crippen LogP contribution is -2.39. The minimum absolute atomic E-state index is 0.169. The van der Waals surface area contributed by atoms with Crippen LogP contribution in [0.1, 0.15) is 18.4 Å². The fourth-order valence-electron chi connectivity index (χ4n) is 2.09. The summed E-state index contributed by atoms with van der Waals surface area (Å²) in [5.41, 5.74) is 0.997. The van der Waals surface area contributed by atoms with Crippen molar-refractivity contribution in [3.8, 4) is 12.3 Å². The molecule has 0 radical (unpaired) electrons. The third-order valence-corrected chi connectivity index (χ3v) is 3.12. The number of hydrogen-bond acceptors (Lipinski definition) is 2. The predicted molar refractivity (Wildman–Crippen MR) is 69.8 cm³/mol. The normalized spacial score (nSPS) is 19.1. The van der Waals surface area contributed by atoms with E-state index in [0.29, 0.717) is 13.2 Å². The van der Waals surface area contributed by atoms with E-state index in [0.717, 1.165) is 24.9 Å². The molecule has 0 aliphatic carbocycles. The van der Waals surface area contributed by atoms with Gasteiger partial charge in [-0.3, -0.25) is 0 Å². The van der Waals surface area contributed by atoms with E-state index in [1.807, 2.05) is 30.3 Å². The van der Waals surface area contributed by atoms with Crippen molar-refractivity contribution in [3.05, 3.63) is 35.9 Å². The van der Waals surface area contributed by atoms with Crippen molar-refractivity contribution < 1.29 is 9.53 Å². The maximum atomic E-state index is 11.9. The Hall–Kier alpha value is -1.95. The summed E-state index contributed by atoms with van der Waals surface area (Å²) in [4.78, 5) is 13.6. The van der Waals surface area contributed by atoms with Crippen LogP contribution in [-0.4, -0.2) is 24.1 Å². The summed E-state index contributed by atoms with van der Waals surface area (Å²) in [6.07, 6.45) is 7.09. The Labute approximate surface area is 108 Å². The van der Waals surface area contributed by atoms with Crippen LogP contribution in [0.3, 0.4) is 0 Å². The van der Waals surface area contributed by atoms with Gasteiger partial charge in [0.1, 0.15) is 6.61 Å². The third-order valence-electron chi connectivity index (χ3n) is 3.12. The maximum absolute atomic E-state index is 11.9. The maximum Gasteiger partial charge on any atom is 0.410 e. The number of nitrogens with zero attached hydrogens (tertiary/aromatic N) is 1. The number of carbonyl (C=O) groups is 1. The smallest absolute Gasteiger partial charge is 0.410 e. The number of hydrogen-bond donors (Lipinski definition) is 0. The Morgan fingerprint density at radius 2 is 2.22 bits per heavy atom. The van der Waals surface area contributed by atoms with Crippen molar-refractivity contribution in [3.63, 3.8) is 0 Å². The third kappa shape index (κ3) is 3.27. The molecule has 94 valence electrons. The molecule has 0 saturated carbocycles. The van der Waals surface area contributed by atoms with Crippen LogP contribution in [0, 0.1) is 18.3 Å². The van der Waals surface area contributed by atoms with Gasteiger partial charge < -0.3 is 9.64 Å². The summed E-state index contributed by atoms with van der Waals surface area (Å²) in [6, 6.07) is 9.67. The first kappa shape index (κ1) is 12.5. The van der Waals surface area contributed by atoms with E-state index in [1.54, 1.807) is 4.90 Å². The monoisotopic (exact) mass is 243 g/mol. The number of benzene rings is 1. The molecule has 1 saturated heterocycles. The van der Waals surface area contributed by atoms with E-state index >= 15 is 0 Å². The second-order valence-corrected chi connectivity index (χ2v) is 4.49. The predicted octanol–water partition coefficient (Wildman–Crippen LogP) is 2.67. The molecule has 0 bridgehead atoms. The molecule has 1 aromatic carbocycles. The molecule has 1 aromatic rings. The van der Waals surface area contributed by atoms with Gasteiger partial charge in [0.2, 0.25) is 0 Å². The minimum Gasteiger partial charge on any atom is -0.445 e. The molecule has 1 fully saturated rings. The van der Waals surface area contributed by atoms with Crippen molar-refractivity contribution in [1.29, 1.82) is 0 Å². The molecule has 1 amide bonds. The highest BCUT2D eigenvalue weighted by Crippen LogP contribution is 2.16. The molecule has 0 N–H and O–H groups in total. The Kier molecular flexibility index (Phi) is 4.25. The standard InChI is InChI=1S/C15H17NO2/c1-2-13-9-6-10-16(11-13)15(17)18-12-14-7-4-3-5-8-14/h1,3-5,7-8,13H,6,9-12H2/t13-/m0/s1. The number of piperidine rings is 1. The van der Waals surface area contributed by atoms with Gasteiger partial charge in [0.25, 0.3) is 0 Å². The molecule has 2 rings (SSSR count). The fraction of sp³-hybridized carbons (Fsp3) is 0.400. The van der Waals surface area contributed by atoms with Crippen LogP contribution in [0.15, 0.2) is 30.3 Å². The molecule has 1 atom stereocenters. The number of likely N-dealkylation sites (tertiary alicyclic amines) is 1. The number of terminal acetylenes is 1. The van der Waals surface area contributed by atoms with Crippen LogP contribution in [0.25, 0.3) is 0 Å². The Morgan fingerprint density at radius 3 is 2.94 bits per heavy atom. The molecular weight excluding hydrogens is 226 g/mol. The highest BCUT2D eigenvalue weighted by molar-refractivity contribution is 5.67. The number of rotatable bonds is 2. The second-order valence-electron chi connectivity index (χ2n) is 4.49. The van der Waals surface area contributed by atoms with Gasteiger partial charge in [-0.1, -0.05) is 30.3 Å². The summed E-state index contributed by atoms with van der Waals surface area (Å²) < 4.78 is 5.28. The first-order chi connectivity index (χ1) is 8.79. The fourth-order valence-corrected chi connectivity index (χ4v) is 2.09. The van der Waals surface area contributed by atoms with Crippen molar-refractivity contribution >= 4 is 6.09 Å². The van der Waals surface area contributed by atoms with Crippen LogP contribution in [0.5, 0.6) is 0 Å². The van der Waals surface area contributed by atoms with E-state index in [2.05, 4.69) is 5.92 Å². The molecule has 0 spiro atoms. The molecule has 0 unspecified atom stereocenters.